The standard InChI is InChI=1S/C14H19ClO3S/c1-14(2,19(3,16)17)13(15)11-6-7-12-10(9-11)5-4-8-18-12/h6-7,9,13H,4-5,8H2,1-3H3. The van der Waals surface area contributed by atoms with Gasteiger partial charge in [-0.1, -0.05) is 12.1 Å². The lowest BCUT2D eigenvalue weighted by atomic mass is 9.97. The number of fused-ring (bicyclic) bond motifs is 1. The van der Waals surface area contributed by atoms with Gasteiger partial charge in [0, 0.05) is 6.26 Å². The van der Waals surface area contributed by atoms with Crippen LogP contribution in [0.5, 0.6) is 5.75 Å². The molecule has 0 aromatic heterocycles. The van der Waals surface area contributed by atoms with Crippen LogP contribution in [-0.2, 0) is 16.3 Å². The van der Waals surface area contributed by atoms with Crippen LogP contribution in [0.25, 0.3) is 0 Å². The molecule has 0 fully saturated rings. The molecule has 0 radical (unpaired) electrons. The molecule has 1 heterocycles. The molecule has 106 valence electrons. The first-order chi connectivity index (χ1) is 8.73. The minimum absolute atomic E-state index is 0.574. The van der Waals surface area contributed by atoms with E-state index in [9.17, 15) is 8.42 Å². The highest BCUT2D eigenvalue weighted by atomic mass is 35.5. The topological polar surface area (TPSA) is 43.4 Å². The second-order valence-corrected chi connectivity index (χ2v) is 8.59. The first-order valence-electron chi connectivity index (χ1n) is 6.33. The molecule has 0 saturated carbocycles. The van der Waals surface area contributed by atoms with E-state index in [2.05, 4.69) is 0 Å². The van der Waals surface area contributed by atoms with E-state index >= 15 is 0 Å². The summed E-state index contributed by atoms with van der Waals surface area (Å²) in [5.41, 5.74) is 1.94. The van der Waals surface area contributed by atoms with E-state index in [1.54, 1.807) is 13.8 Å². The molecule has 2 rings (SSSR count). The second-order valence-electron chi connectivity index (χ2n) is 5.56. The molecular formula is C14H19ClO3S. The van der Waals surface area contributed by atoms with Crippen molar-refractivity contribution in [1.82, 2.24) is 0 Å². The Morgan fingerprint density at radius 3 is 2.68 bits per heavy atom. The molecule has 3 nitrogen and oxygen atoms in total. The third-order valence-corrected chi connectivity index (χ3v) is 6.87. The Labute approximate surface area is 119 Å². The normalized spacial score (nSPS) is 17.5. The van der Waals surface area contributed by atoms with Crippen LogP contribution in [0.1, 0.15) is 36.8 Å². The first kappa shape index (κ1) is 14.7. The van der Waals surface area contributed by atoms with Gasteiger partial charge in [0.1, 0.15) is 5.75 Å². The van der Waals surface area contributed by atoms with E-state index in [1.165, 1.54) is 6.26 Å². The Bertz CT molecular complexity index is 578. The van der Waals surface area contributed by atoms with Gasteiger partial charge in [-0.3, -0.25) is 0 Å². The summed E-state index contributed by atoms with van der Waals surface area (Å²) < 4.78 is 28.2. The second kappa shape index (κ2) is 4.98. The van der Waals surface area contributed by atoms with Crippen LogP contribution in [0, 0.1) is 0 Å². The molecule has 1 aromatic rings. The third kappa shape index (κ3) is 2.75. The monoisotopic (exact) mass is 302 g/mol. The number of ether oxygens (including phenoxy) is 1. The molecule has 0 aliphatic carbocycles. The smallest absolute Gasteiger partial charge is 0.154 e. The fourth-order valence-electron chi connectivity index (χ4n) is 2.13. The molecule has 5 heteroatoms. The zero-order valence-corrected chi connectivity index (χ0v) is 13.0. The highest BCUT2D eigenvalue weighted by Gasteiger charge is 2.39. The summed E-state index contributed by atoms with van der Waals surface area (Å²) in [6.07, 6.45) is 3.16. The van der Waals surface area contributed by atoms with Gasteiger partial charge < -0.3 is 4.74 Å². The van der Waals surface area contributed by atoms with E-state index in [0.29, 0.717) is 0 Å². The van der Waals surface area contributed by atoms with Gasteiger partial charge in [0.2, 0.25) is 0 Å². The number of hydrogen-bond donors (Lipinski definition) is 0. The van der Waals surface area contributed by atoms with Crippen molar-refractivity contribution in [3.8, 4) is 5.75 Å². The zero-order valence-electron chi connectivity index (χ0n) is 11.4. The van der Waals surface area contributed by atoms with Crippen LogP contribution in [0.2, 0.25) is 0 Å². The zero-order chi connectivity index (χ0) is 14.3. The summed E-state index contributed by atoms with van der Waals surface area (Å²) in [6, 6.07) is 5.71. The highest BCUT2D eigenvalue weighted by Crippen LogP contribution is 2.39. The van der Waals surface area contributed by atoms with Crippen molar-refractivity contribution in [2.24, 2.45) is 0 Å². The molecule has 1 atom stereocenters. The van der Waals surface area contributed by atoms with E-state index in [1.807, 2.05) is 18.2 Å². The summed E-state index contributed by atoms with van der Waals surface area (Å²) >= 11 is 6.41. The molecular weight excluding hydrogens is 284 g/mol. The lowest BCUT2D eigenvalue weighted by Gasteiger charge is -2.29. The summed E-state index contributed by atoms with van der Waals surface area (Å²) in [6.45, 7) is 4.07. The quantitative estimate of drug-likeness (QED) is 0.806. The van der Waals surface area contributed by atoms with Gasteiger partial charge in [0.05, 0.1) is 16.7 Å². The summed E-state index contributed by atoms with van der Waals surface area (Å²) in [5, 5.41) is -0.574. The van der Waals surface area contributed by atoms with E-state index in [4.69, 9.17) is 16.3 Å². The van der Waals surface area contributed by atoms with Crippen molar-refractivity contribution in [2.75, 3.05) is 12.9 Å². The van der Waals surface area contributed by atoms with Crippen LogP contribution < -0.4 is 4.74 Å². The number of rotatable bonds is 3. The first-order valence-corrected chi connectivity index (χ1v) is 8.65. The van der Waals surface area contributed by atoms with Crippen LogP contribution in [0.4, 0.5) is 0 Å². The Kier molecular flexibility index (Phi) is 3.85. The van der Waals surface area contributed by atoms with Crippen molar-refractivity contribution in [1.29, 1.82) is 0 Å². The van der Waals surface area contributed by atoms with E-state index < -0.39 is 20.0 Å². The van der Waals surface area contributed by atoms with Crippen molar-refractivity contribution >= 4 is 21.4 Å². The molecule has 0 bridgehead atoms. The van der Waals surface area contributed by atoms with Crippen molar-refractivity contribution in [2.45, 2.75) is 36.8 Å². The SMILES string of the molecule is CC(C)(C(Cl)c1ccc2c(c1)CCCO2)S(C)(=O)=O. The maximum absolute atomic E-state index is 11.8. The van der Waals surface area contributed by atoms with Crippen molar-refractivity contribution in [3.05, 3.63) is 29.3 Å². The lowest BCUT2D eigenvalue weighted by Crippen LogP contribution is -2.35. The molecule has 0 spiro atoms. The molecule has 1 aliphatic rings. The van der Waals surface area contributed by atoms with Gasteiger partial charge in [-0.25, -0.2) is 8.42 Å². The number of hydrogen-bond acceptors (Lipinski definition) is 3. The maximum atomic E-state index is 11.8. The molecule has 1 unspecified atom stereocenters. The van der Waals surface area contributed by atoms with Crippen LogP contribution in [0.15, 0.2) is 18.2 Å². The predicted octanol–water partition coefficient (Wildman–Crippen LogP) is 3.11. The fraction of sp³-hybridized carbons (Fsp3) is 0.571. The molecule has 0 amide bonds. The molecule has 0 N–H and O–H groups in total. The van der Waals surface area contributed by atoms with Gasteiger partial charge in [-0.15, -0.1) is 11.6 Å². The van der Waals surface area contributed by atoms with E-state index in [0.717, 1.165) is 36.3 Å². The minimum Gasteiger partial charge on any atom is -0.493 e. The molecule has 19 heavy (non-hydrogen) atoms. The van der Waals surface area contributed by atoms with Gasteiger partial charge in [0.25, 0.3) is 0 Å². The molecule has 0 saturated heterocycles. The number of benzene rings is 1. The van der Waals surface area contributed by atoms with Gasteiger partial charge in [-0.05, 0) is 43.9 Å². The number of aryl methyl sites for hydroxylation is 1. The average Bonchev–Trinajstić information content (AvgIpc) is 2.36. The molecule has 1 aromatic carbocycles. The largest absolute Gasteiger partial charge is 0.493 e. The van der Waals surface area contributed by atoms with Gasteiger partial charge >= 0.3 is 0 Å². The van der Waals surface area contributed by atoms with Gasteiger partial charge in [0.15, 0.2) is 9.84 Å². The fourth-order valence-corrected chi connectivity index (χ4v) is 3.26. The highest BCUT2D eigenvalue weighted by molar-refractivity contribution is 7.92. The predicted molar refractivity (Wildman–Crippen MR) is 77.8 cm³/mol. The van der Waals surface area contributed by atoms with Crippen LogP contribution >= 0.6 is 11.6 Å². The Morgan fingerprint density at radius 1 is 1.37 bits per heavy atom. The Morgan fingerprint density at radius 2 is 2.05 bits per heavy atom. The average molecular weight is 303 g/mol. The maximum Gasteiger partial charge on any atom is 0.154 e. The van der Waals surface area contributed by atoms with Crippen molar-refractivity contribution < 1.29 is 13.2 Å². The van der Waals surface area contributed by atoms with E-state index in [-0.39, 0.29) is 0 Å². The van der Waals surface area contributed by atoms with Crippen molar-refractivity contribution in [3.63, 3.8) is 0 Å². The number of halogens is 1. The Balaban J connectivity index is 2.37. The van der Waals surface area contributed by atoms with Gasteiger partial charge in [-0.2, -0.15) is 0 Å². The summed E-state index contributed by atoms with van der Waals surface area (Å²) in [5.74, 6) is 0.885. The number of sulfone groups is 1. The minimum atomic E-state index is -3.23. The summed E-state index contributed by atoms with van der Waals surface area (Å²) in [4.78, 5) is 0. The third-order valence-electron chi connectivity index (χ3n) is 3.79. The summed E-state index contributed by atoms with van der Waals surface area (Å²) in [7, 11) is -3.23. The molecule has 1 aliphatic heterocycles. The van der Waals surface area contributed by atoms with Crippen LogP contribution in [-0.4, -0.2) is 26.0 Å². The Hall–Kier alpha value is -0.740. The number of alkyl halides is 1. The lowest BCUT2D eigenvalue weighted by molar-refractivity contribution is 0.288. The van der Waals surface area contributed by atoms with Crippen LogP contribution in [0.3, 0.4) is 0 Å².